The quantitative estimate of drug-likeness (QED) is 0.619. The van der Waals surface area contributed by atoms with Gasteiger partial charge in [-0.25, -0.2) is 0 Å². The Morgan fingerprint density at radius 3 is 2.16 bits per heavy atom. The molecule has 0 aliphatic heterocycles. The first-order valence-electron chi connectivity index (χ1n) is 6.36. The summed E-state index contributed by atoms with van der Waals surface area (Å²) in [4.78, 5) is 24.9. The lowest BCUT2D eigenvalue weighted by Crippen LogP contribution is -2.30. The highest BCUT2D eigenvalue weighted by Crippen LogP contribution is 2.25. The number of hydrogen-bond acceptors (Lipinski definition) is 3. The number of benzene rings is 1. The van der Waals surface area contributed by atoms with Crippen molar-refractivity contribution in [3.05, 3.63) is 28.8 Å². The fourth-order valence-corrected chi connectivity index (χ4v) is 2.28. The molecule has 1 aromatic carbocycles. The Morgan fingerprint density at radius 1 is 1.16 bits per heavy atom. The zero-order chi connectivity index (χ0) is 14.6. The molecule has 4 nitrogen and oxygen atoms in total. The highest BCUT2D eigenvalue weighted by Gasteiger charge is 2.19. The summed E-state index contributed by atoms with van der Waals surface area (Å²) in [7, 11) is 1.69. The number of esters is 1. The number of carbonyl (C=O) groups is 2. The van der Waals surface area contributed by atoms with Gasteiger partial charge in [0.25, 0.3) is 0 Å². The van der Waals surface area contributed by atoms with Gasteiger partial charge < -0.3 is 9.64 Å². The molecule has 0 atom stereocenters. The Bertz CT molecular complexity index is 471. The molecule has 0 heterocycles. The molecule has 0 aliphatic carbocycles. The lowest BCUT2D eigenvalue weighted by atomic mass is 10.0. The molecule has 0 unspecified atom stereocenters. The van der Waals surface area contributed by atoms with E-state index in [1.807, 2.05) is 32.9 Å². The van der Waals surface area contributed by atoms with Crippen LogP contribution in [0.15, 0.2) is 12.1 Å². The summed E-state index contributed by atoms with van der Waals surface area (Å²) in [6.45, 7) is 7.95. The Balaban J connectivity index is 2.91. The highest BCUT2D eigenvalue weighted by atomic mass is 16.5. The van der Waals surface area contributed by atoms with E-state index in [4.69, 9.17) is 4.74 Å². The fraction of sp³-hybridized carbons (Fsp3) is 0.467. The summed E-state index contributed by atoms with van der Waals surface area (Å²) in [5, 5.41) is 0. The van der Waals surface area contributed by atoms with Gasteiger partial charge >= 0.3 is 5.97 Å². The van der Waals surface area contributed by atoms with Crippen LogP contribution in [0.25, 0.3) is 0 Å². The monoisotopic (exact) mass is 263 g/mol. The van der Waals surface area contributed by atoms with Crippen molar-refractivity contribution in [2.75, 3.05) is 18.6 Å². The van der Waals surface area contributed by atoms with Crippen molar-refractivity contribution in [1.82, 2.24) is 0 Å². The van der Waals surface area contributed by atoms with Gasteiger partial charge in [0.1, 0.15) is 6.42 Å². The van der Waals surface area contributed by atoms with E-state index >= 15 is 0 Å². The molecule has 0 bridgehead atoms. The van der Waals surface area contributed by atoms with Gasteiger partial charge in [-0.2, -0.15) is 0 Å². The van der Waals surface area contributed by atoms with E-state index in [1.54, 1.807) is 14.0 Å². The van der Waals surface area contributed by atoms with E-state index in [0.717, 1.165) is 22.4 Å². The molecule has 0 saturated heterocycles. The van der Waals surface area contributed by atoms with Gasteiger partial charge in [0.2, 0.25) is 5.91 Å². The molecule has 0 spiro atoms. The smallest absolute Gasteiger partial charge is 0.315 e. The van der Waals surface area contributed by atoms with Gasteiger partial charge in [-0.1, -0.05) is 17.7 Å². The third kappa shape index (κ3) is 3.81. The van der Waals surface area contributed by atoms with Crippen LogP contribution in [0.5, 0.6) is 0 Å². The van der Waals surface area contributed by atoms with Crippen molar-refractivity contribution in [2.24, 2.45) is 0 Å². The number of anilines is 1. The number of ether oxygens (including phenoxy) is 1. The van der Waals surface area contributed by atoms with Crippen LogP contribution in [-0.2, 0) is 14.3 Å². The average Bonchev–Trinajstić information content (AvgIpc) is 2.27. The molecule has 1 aromatic rings. The number of amides is 1. The molecule has 1 rings (SSSR count). The molecular weight excluding hydrogens is 242 g/mol. The minimum Gasteiger partial charge on any atom is -0.466 e. The number of hydrogen-bond donors (Lipinski definition) is 0. The highest BCUT2D eigenvalue weighted by molar-refractivity contribution is 6.03. The summed E-state index contributed by atoms with van der Waals surface area (Å²) in [5.41, 5.74) is 4.07. The van der Waals surface area contributed by atoms with Crippen molar-refractivity contribution >= 4 is 17.6 Å². The molecule has 0 radical (unpaired) electrons. The molecule has 0 fully saturated rings. The molecular formula is C15H21NO3. The molecule has 0 saturated carbocycles. The molecule has 1 amide bonds. The van der Waals surface area contributed by atoms with Crippen LogP contribution >= 0.6 is 0 Å². The van der Waals surface area contributed by atoms with Crippen LogP contribution in [0, 0.1) is 20.8 Å². The second-order valence-electron chi connectivity index (χ2n) is 4.68. The Labute approximate surface area is 114 Å². The minimum absolute atomic E-state index is 0.225. The van der Waals surface area contributed by atoms with Gasteiger partial charge in [0.15, 0.2) is 0 Å². The lowest BCUT2D eigenvalue weighted by Gasteiger charge is -2.22. The normalized spacial score (nSPS) is 10.2. The summed E-state index contributed by atoms with van der Waals surface area (Å²) in [6.07, 6.45) is -0.225. The van der Waals surface area contributed by atoms with Crippen LogP contribution in [-0.4, -0.2) is 25.5 Å². The second kappa shape index (κ2) is 6.36. The summed E-state index contributed by atoms with van der Waals surface area (Å²) < 4.78 is 4.79. The number of carbonyl (C=O) groups excluding carboxylic acids is 2. The van der Waals surface area contributed by atoms with Gasteiger partial charge in [-0.15, -0.1) is 0 Å². The first-order valence-corrected chi connectivity index (χ1v) is 6.36. The van der Waals surface area contributed by atoms with E-state index in [9.17, 15) is 9.59 Å². The zero-order valence-electron chi connectivity index (χ0n) is 12.2. The fourth-order valence-electron chi connectivity index (χ4n) is 2.28. The Morgan fingerprint density at radius 2 is 1.68 bits per heavy atom. The van der Waals surface area contributed by atoms with Crippen LogP contribution < -0.4 is 4.90 Å². The van der Waals surface area contributed by atoms with Crippen molar-refractivity contribution in [1.29, 1.82) is 0 Å². The van der Waals surface area contributed by atoms with Gasteiger partial charge in [-0.3, -0.25) is 9.59 Å². The molecule has 0 aromatic heterocycles. The minimum atomic E-state index is -0.484. The maximum Gasteiger partial charge on any atom is 0.315 e. The van der Waals surface area contributed by atoms with Gasteiger partial charge in [-0.05, 0) is 38.8 Å². The maximum absolute atomic E-state index is 12.0. The van der Waals surface area contributed by atoms with Crippen LogP contribution in [0.4, 0.5) is 5.69 Å². The Hall–Kier alpha value is -1.84. The maximum atomic E-state index is 12.0. The van der Waals surface area contributed by atoms with Crippen LogP contribution in [0.3, 0.4) is 0 Å². The molecule has 4 heteroatoms. The predicted octanol–water partition coefficient (Wildman–Crippen LogP) is 2.53. The van der Waals surface area contributed by atoms with Crippen LogP contribution in [0.2, 0.25) is 0 Å². The number of nitrogens with zero attached hydrogens (tertiary/aromatic N) is 1. The number of aryl methyl sites for hydroxylation is 3. The van der Waals surface area contributed by atoms with E-state index < -0.39 is 5.97 Å². The summed E-state index contributed by atoms with van der Waals surface area (Å²) in [6, 6.07) is 4.05. The summed E-state index contributed by atoms with van der Waals surface area (Å²) >= 11 is 0. The molecule has 0 aliphatic rings. The van der Waals surface area contributed by atoms with Crippen molar-refractivity contribution < 1.29 is 14.3 Å². The zero-order valence-corrected chi connectivity index (χ0v) is 12.2. The van der Waals surface area contributed by atoms with Crippen molar-refractivity contribution in [3.63, 3.8) is 0 Å². The molecule has 19 heavy (non-hydrogen) atoms. The standard InChI is InChI=1S/C15H21NO3/c1-6-19-14(18)9-13(17)16(5)15-11(3)7-10(2)8-12(15)4/h7-8H,6,9H2,1-5H3. The Kier molecular flexibility index (Phi) is 5.10. The van der Waals surface area contributed by atoms with Gasteiger partial charge in [0, 0.05) is 12.7 Å². The van der Waals surface area contributed by atoms with E-state index in [1.165, 1.54) is 4.90 Å². The average molecular weight is 263 g/mol. The van der Waals surface area contributed by atoms with Gasteiger partial charge in [0.05, 0.1) is 6.61 Å². The van der Waals surface area contributed by atoms with Crippen molar-refractivity contribution in [3.8, 4) is 0 Å². The van der Waals surface area contributed by atoms with Crippen molar-refractivity contribution in [2.45, 2.75) is 34.1 Å². The SMILES string of the molecule is CCOC(=O)CC(=O)N(C)c1c(C)cc(C)cc1C. The third-order valence-corrected chi connectivity index (χ3v) is 2.95. The summed E-state index contributed by atoms with van der Waals surface area (Å²) in [5.74, 6) is -0.740. The first kappa shape index (κ1) is 15.2. The topological polar surface area (TPSA) is 46.6 Å². The number of rotatable bonds is 4. The third-order valence-electron chi connectivity index (χ3n) is 2.95. The predicted molar refractivity (Wildman–Crippen MR) is 75.3 cm³/mol. The van der Waals surface area contributed by atoms with E-state index in [0.29, 0.717) is 6.61 Å². The van der Waals surface area contributed by atoms with E-state index in [2.05, 4.69) is 0 Å². The lowest BCUT2D eigenvalue weighted by molar-refractivity contribution is -0.145. The molecule has 104 valence electrons. The molecule has 0 N–H and O–H groups in total. The second-order valence-corrected chi connectivity index (χ2v) is 4.68. The van der Waals surface area contributed by atoms with Crippen LogP contribution in [0.1, 0.15) is 30.0 Å². The first-order chi connectivity index (χ1) is 8.86. The largest absolute Gasteiger partial charge is 0.466 e. The van der Waals surface area contributed by atoms with E-state index in [-0.39, 0.29) is 12.3 Å².